The summed E-state index contributed by atoms with van der Waals surface area (Å²) in [5.41, 5.74) is 7.37. The lowest BCUT2D eigenvalue weighted by Gasteiger charge is -2.21. The third-order valence-electron chi connectivity index (χ3n) is 4.94. The zero-order valence-corrected chi connectivity index (χ0v) is 18.0. The highest BCUT2D eigenvalue weighted by Gasteiger charge is 2.14. The molecule has 148 valence electrons. The molecule has 1 aromatic heterocycles. The summed E-state index contributed by atoms with van der Waals surface area (Å²) in [5.74, 6) is 0.812. The average Bonchev–Trinajstić information content (AvgIpc) is 2.85. The second-order valence-electron chi connectivity index (χ2n) is 7.47. The largest absolute Gasteiger partial charge is 0.377 e. The molecule has 0 aliphatic rings. The van der Waals surface area contributed by atoms with Crippen molar-refractivity contribution >= 4 is 11.6 Å². The number of guanidine groups is 1. The Morgan fingerprint density at radius 3 is 2.52 bits per heavy atom. The summed E-state index contributed by atoms with van der Waals surface area (Å²) in [4.78, 5) is 6.54. The number of aryl methyl sites for hydroxylation is 3. The molecule has 0 radical (unpaired) electrons. The Balaban J connectivity index is 2.00. The number of benzene rings is 1. The molecule has 2 aromatic rings. The van der Waals surface area contributed by atoms with Crippen LogP contribution in [-0.4, -0.2) is 42.9 Å². The van der Waals surface area contributed by atoms with E-state index in [4.69, 9.17) is 0 Å². The van der Waals surface area contributed by atoms with E-state index in [2.05, 4.69) is 85.6 Å². The summed E-state index contributed by atoms with van der Waals surface area (Å²) in [7, 11) is 7.96. The van der Waals surface area contributed by atoms with Gasteiger partial charge in [0.2, 0.25) is 0 Å². The molecular formula is C21H34N6. The third kappa shape index (κ3) is 5.25. The van der Waals surface area contributed by atoms with Crippen LogP contribution in [0.3, 0.4) is 0 Å². The van der Waals surface area contributed by atoms with Gasteiger partial charge in [0, 0.05) is 52.2 Å². The van der Waals surface area contributed by atoms with Crippen LogP contribution in [0.5, 0.6) is 0 Å². The van der Waals surface area contributed by atoms with Crippen LogP contribution in [0.25, 0.3) is 0 Å². The monoisotopic (exact) mass is 370 g/mol. The third-order valence-corrected chi connectivity index (χ3v) is 4.94. The number of rotatable bonds is 6. The minimum Gasteiger partial charge on any atom is -0.377 e. The first-order chi connectivity index (χ1) is 12.7. The van der Waals surface area contributed by atoms with Crippen LogP contribution in [0, 0.1) is 20.8 Å². The topological polar surface area (TPSA) is 57.5 Å². The van der Waals surface area contributed by atoms with Crippen molar-refractivity contribution in [3.8, 4) is 0 Å². The van der Waals surface area contributed by atoms with E-state index in [0.717, 1.165) is 24.6 Å². The molecule has 0 saturated carbocycles. The first kappa shape index (κ1) is 20.8. The number of hydrogen-bond donors (Lipinski definition) is 2. The highest BCUT2D eigenvalue weighted by Crippen LogP contribution is 2.20. The number of nitrogens with one attached hydrogen (secondary N) is 2. The summed E-state index contributed by atoms with van der Waals surface area (Å²) < 4.78 is 1.95. The van der Waals surface area contributed by atoms with E-state index in [1.165, 1.54) is 28.1 Å². The second-order valence-corrected chi connectivity index (χ2v) is 7.47. The normalized spacial score (nSPS) is 12.8. The Labute approximate surface area is 163 Å². The molecule has 0 saturated heterocycles. The highest BCUT2D eigenvalue weighted by molar-refractivity contribution is 5.80. The summed E-state index contributed by atoms with van der Waals surface area (Å²) in [6.45, 7) is 9.22. The molecule has 1 heterocycles. The molecule has 1 unspecified atom stereocenters. The predicted octanol–water partition coefficient (Wildman–Crippen LogP) is 2.71. The molecule has 0 aliphatic carbocycles. The summed E-state index contributed by atoms with van der Waals surface area (Å²) in [6.07, 6.45) is 0.916. The van der Waals surface area contributed by atoms with Gasteiger partial charge >= 0.3 is 0 Å². The maximum atomic E-state index is 4.51. The predicted molar refractivity (Wildman–Crippen MR) is 115 cm³/mol. The zero-order chi connectivity index (χ0) is 20.1. The lowest BCUT2D eigenvalue weighted by atomic mass is 10.1. The van der Waals surface area contributed by atoms with Crippen LogP contribution >= 0.6 is 0 Å². The van der Waals surface area contributed by atoms with Gasteiger partial charge in [0.15, 0.2) is 5.96 Å². The van der Waals surface area contributed by atoms with Gasteiger partial charge in [0.25, 0.3) is 0 Å². The first-order valence-electron chi connectivity index (χ1n) is 9.46. The number of anilines is 1. The standard InChI is InChI=1S/C21H34N6/c1-14-9-10-18(20(11-14)26(6)7)13-23-21(22-5)24-15(2)12-19-16(3)25-27(8)17(19)4/h9-11,15H,12-13H2,1-8H3,(H2,22,23,24). The van der Waals surface area contributed by atoms with Crippen molar-refractivity contribution in [2.24, 2.45) is 12.0 Å². The van der Waals surface area contributed by atoms with Gasteiger partial charge in [0.05, 0.1) is 5.69 Å². The fourth-order valence-electron chi connectivity index (χ4n) is 3.32. The molecule has 6 nitrogen and oxygen atoms in total. The van der Waals surface area contributed by atoms with E-state index in [0.29, 0.717) is 0 Å². The quantitative estimate of drug-likeness (QED) is 0.606. The van der Waals surface area contributed by atoms with Crippen molar-refractivity contribution in [1.82, 2.24) is 20.4 Å². The van der Waals surface area contributed by atoms with Crippen molar-refractivity contribution < 1.29 is 0 Å². The van der Waals surface area contributed by atoms with Gasteiger partial charge in [-0.2, -0.15) is 5.10 Å². The number of nitrogens with zero attached hydrogens (tertiary/aromatic N) is 4. The summed E-state index contributed by atoms with van der Waals surface area (Å²) >= 11 is 0. The van der Waals surface area contributed by atoms with E-state index in [1.807, 2.05) is 18.8 Å². The number of aliphatic imine (C=N–C) groups is 1. The first-order valence-corrected chi connectivity index (χ1v) is 9.46. The number of hydrogen-bond acceptors (Lipinski definition) is 3. The lowest BCUT2D eigenvalue weighted by molar-refractivity contribution is 0.635. The molecule has 6 heteroatoms. The van der Waals surface area contributed by atoms with Crippen LogP contribution < -0.4 is 15.5 Å². The van der Waals surface area contributed by atoms with Gasteiger partial charge in [-0.1, -0.05) is 12.1 Å². The Kier molecular flexibility index (Phi) is 6.88. The maximum Gasteiger partial charge on any atom is 0.191 e. The summed E-state index contributed by atoms with van der Waals surface area (Å²) in [6, 6.07) is 6.79. The van der Waals surface area contributed by atoms with Gasteiger partial charge in [0.1, 0.15) is 0 Å². The van der Waals surface area contributed by atoms with Gasteiger partial charge in [-0.25, -0.2) is 0 Å². The van der Waals surface area contributed by atoms with Gasteiger partial charge in [-0.15, -0.1) is 0 Å². The molecule has 1 atom stereocenters. The molecular weight excluding hydrogens is 336 g/mol. The molecule has 0 amide bonds. The highest BCUT2D eigenvalue weighted by atomic mass is 15.3. The minimum atomic E-state index is 0.254. The molecule has 27 heavy (non-hydrogen) atoms. The SMILES string of the molecule is CN=C(NCc1ccc(C)cc1N(C)C)NC(C)Cc1c(C)nn(C)c1C. The van der Waals surface area contributed by atoms with Crippen molar-refractivity contribution in [3.05, 3.63) is 46.3 Å². The fraction of sp³-hybridized carbons (Fsp3) is 0.524. The van der Waals surface area contributed by atoms with E-state index < -0.39 is 0 Å². The van der Waals surface area contributed by atoms with E-state index in [1.54, 1.807) is 0 Å². The zero-order valence-electron chi connectivity index (χ0n) is 18.0. The minimum absolute atomic E-state index is 0.254. The van der Waals surface area contributed by atoms with Gasteiger partial charge < -0.3 is 15.5 Å². The summed E-state index contributed by atoms with van der Waals surface area (Å²) in [5, 5.41) is 11.5. The molecule has 0 fully saturated rings. The van der Waals surface area contributed by atoms with Crippen molar-refractivity contribution in [3.63, 3.8) is 0 Å². The van der Waals surface area contributed by atoms with Crippen LogP contribution in [0.1, 0.15) is 35.0 Å². The van der Waals surface area contributed by atoms with Crippen LogP contribution in [-0.2, 0) is 20.0 Å². The maximum absolute atomic E-state index is 4.51. The Hall–Kier alpha value is -2.50. The van der Waals surface area contributed by atoms with E-state index >= 15 is 0 Å². The van der Waals surface area contributed by atoms with Crippen LogP contribution in [0.2, 0.25) is 0 Å². The molecule has 2 N–H and O–H groups in total. The molecule has 0 bridgehead atoms. The molecule has 0 spiro atoms. The Morgan fingerprint density at radius 1 is 1.26 bits per heavy atom. The van der Waals surface area contributed by atoms with E-state index in [-0.39, 0.29) is 6.04 Å². The van der Waals surface area contributed by atoms with E-state index in [9.17, 15) is 0 Å². The second kappa shape index (κ2) is 8.93. The fourth-order valence-corrected chi connectivity index (χ4v) is 3.32. The van der Waals surface area contributed by atoms with Crippen LogP contribution in [0.15, 0.2) is 23.2 Å². The van der Waals surface area contributed by atoms with Crippen molar-refractivity contribution in [1.29, 1.82) is 0 Å². The Bertz CT molecular complexity index is 803. The average molecular weight is 371 g/mol. The lowest BCUT2D eigenvalue weighted by Crippen LogP contribution is -2.43. The Morgan fingerprint density at radius 2 is 1.96 bits per heavy atom. The number of aromatic nitrogens is 2. The van der Waals surface area contributed by atoms with Crippen LogP contribution in [0.4, 0.5) is 5.69 Å². The van der Waals surface area contributed by atoms with Gasteiger partial charge in [-0.3, -0.25) is 9.67 Å². The van der Waals surface area contributed by atoms with Crippen molar-refractivity contribution in [2.75, 3.05) is 26.0 Å². The molecule has 2 rings (SSSR count). The molecule has 0 aliphatic heterocycles. The van der Waals surface area contributed by atoms with Crippen molar-refractivity contribution in [2.45, 2.75) is 46.7 Å². The smallest absolute Gasteiger partial charge is 0.191 e. The molecule has 1 aromatic carbocycles. The van der Waals surface area contributed by atoms with Gasteiger partial charge in [-0.05, 0) is 56.9 Å².